The highest BCUT2D eigenvalue weighted by Gasteiger charge is 2.30. The molecule has 1 aliphatic carbocycles. The number of amides is 1. The van der Waals surface area contributed by atoms with Gasteiger partial charge in [-0.25, -0.2) is 4.98 Å². The lowest BCUT2D eigenvalue weighted by molar-refractivity contribution is 0.0908. The van der Waals surface area contributed by atoms with Crippen LogP contribution in [0.25, 0.3) is 0 Å². The van der Waals surface area contributed by atoms with Gasteiger partial charge < -0.3 is 11.1 Å². The largest absolute Gasteiger partial charge is 0.384 e. The van der Waals surface area contributed by atoms with E-state index in [1.807, 2.05) is 6.92 Å². The SMILES string of the molecule is Cc1cc(C(=O)NC2(C)CCCC2)cc(N)n1. The number of hydrogen-bond donors (Lipinski definition) is 2. The van der Waals surface area contributed by atoms with Crippen molar-refractivity contribution in [3.05, 3.63) is 23.4 Å². The van der Waals surface area contributed by atoms with E-state index in [-0.39, 0.29) is 11.4 Å². The maximum Gasteiger partial charge on any atom is 0.251 e. The molecule has 1 amide bonds. The molecule has 1 saturated carbocycles. The van der Waals surface area contributed by atoms with Gasteiger partial charge in [0.15, 0.2) is 0 Å². The van der Waals surface area contributed by atoms with Gasteiger partial charge in [-0.15, -0.1) is 0 Å². The number of rotatable bonds is 2. The number of nitrogens with two attached hydrogens (primary N) is 1. The van der Waals surface area contributed by atoms with Crippen molar-refractivity contribution >= 4 is 11.7 Å². The average Bonchev–Trinajstić information content (AvgIpc) is 2.63. The Labute approximate surface area is 102 Å². The topological polar surface area (TPSA) is 68.0 Å². The van der Waals surface area contributed by atoms with E-state index in [0.717, 1.165) is 18.5 Å². The lowest BCUT2D eigenvalue weighted by atomic mass is 10.00. The second kappa shape index (κ2) is 4.35. The molecule has 0 unspecified atom stereocenters. The molecule has 1 fully saturated rings. The van der Waals surface area contributed by atoms with Crippen LogP contribution in [0, 0.1) is 6.92 Å². The molecule has 17 heavy (non-hydrogen) atoms. The van der Waals surface area contributed by atoms with E-state index in [0.29, 0.717) is 11.4 Å². The van der Waals surface area contributed by atoms with Gasteiger partial charge in [-0.3, -0.25) is 4.79 Å². The molecule has 0 aliphatic heterocycles. The van der Waals surface area contributed by atoms with Crippen molar-refractivity contribution in [3.63, 3.8) is 0 Å². The zero-order valence-electron chi connectivity index (χ0n) is 10.4. The van der Waals surface area contributed by atoms with Crippen LogP contribution in [0.1, 0.15) is 48.7 Å². The number of nitrogen functional groups attached to an aromatic ring is 1. The van der Waals surface area contributed by atoms with E-state index in [1.54, 1.807) is 12.1 Å². The summed E-state index contributed by atoms with van der Waals surface area (Å²) in [4.78, 5) is 16.2. The molecule has 1 heterocycles. The van der Waals surface area contributed by atoms with Gasteiger partial charge in [-0.1, -0.05) is 12.8 Å². The van der Waals surface area contributed by atoms with Gasteiger partial charge in [0, 0.05) is 16.8 Å². The third-order valence-corrected chi connectivity index (χ3v) is 3.36. The van der Waals surface area contributed by atoms with Crippen molar-refractivity contribution in [1.82, 2.24) is 10.3 Å². The molecule has 1 aromatic rings. The average molecular weight is 233 g/mol. The Balaban J connectivity index is 2.14. The fraction of sp³-hybridized carbons (Fsp3) is 0.538. The number of anilines is 1. The van der Waals surface area contributed by atoms with Crippen molar-refractivity contribution in [2.75, 3.05) is 5.73 Å². The third-order valence-electron chi connectivity index (χ3n) is 3.36. The molecule has 0 bridgehead atoms. The predicted molar refractivity (Wildman–Crippen MR) is 67.7 cm³/mol. The van der Waals surface area contributed by atoms with Gasteiger partial charge in [0.25, 0.3) is 5.91 Å². The van der Waals surface area contributed by atoms with Crippen molar-refractivity contribution in [1.29, 1.82) is 0 Å². The molecule has 0 aromatic carbocycles. The Bertz CT molecular complexity index is 416. The number of pyridine rings is 1. The van der Waals surface area contributed by atoms with E-state index in [9.17, 15) is 4.79 Å². The monoisotopic (exact) mass is 233 g/mol. The van der Waals surface area contributed by atoms with E-state index < -0.39 is 0 Å². The summed E-state index contributed by atoms with van der Waals surface area (Å²) in [5.74, 6) is 0.346. The second-order valence-electron chi connectivity index (χ2n) is 5.14. The lowest BCUT2D eigenvalue weighted by Gasteiger charge is -2.25. The number of nitrogens with one attached hydrogen (secondary N) is 1. The first-order valence-corrected chi connectivity index (χ1v) is 6.05. The fourth-order valence-electron chi connectivity index (χ4n) is 2.45. The summed E-state index contributed by atoms with van der Waals surface area (Å²) in [6.07, 6.45) is 4.49. The number of carbonyl (C=O) groups excluding carboxylic acids is 1. The Morgan fingerprint density at radius 1 is 1.41 bits per heavy atom. The molecule has 1 aromatic heterocycles. The molecule has 0 spiro atoms. The van der Waals surface area contributed by atoms with Gasteiger partial charge in [0.05, 0.1) is 0 Å². The maximum absolute atomic E-state index is 12.1. The molecular formula is C13H19N3O. The molecule has 0 atom stereocenters. The molecule has 4 nitrogen and oxygen atoms in total. The van der Waals surface area contributed by atoms with Crippen LogP contribution in [-0.2, 0) is 0 Å². The normalized spacial score (nSPS) is 18.0. The molecular weight excluding hydrogens is 214 g/mol. The first-order chi connectivity index (χ1) is 7.98. The maximum atomic E-state index is 12.1. The Kier molecular flexibility index (Phi) is 3.05. The quantitative estimate of drug-likeness (QED) is 0.821. The molecule has 0 radical (unpaired) electrons. The Morgan fingerprint density at radius 3 is 2.65 bits per heavy atom. The minimum absolute atomic E-state index is 0.0494. The Hall–Kier alpha value is -1.58. The Morgan fingerprint density at radius 2 is 2.06 bits per heavy atom. The fourth-order valence-corrected chi connectivity index (χ4v) is 2.45. The first-order valence-electron chi connectivity index (χ1n) is 6.05. The van der Waals surface area contributed by atoms with Gasteiger partial charge in [-0.2, -0.15) is 0 Å². The van der Waals surface area contributed by atoms with Gasteiger partial charge >= 0.3 is 0 Å². The second-order valence-corrected chi connectivity index (χ2v) is 5.14. The molecule has 0 saturated heterocycles. The number of nitrogens with zero attached hydrogens (tertiary/aromatic N) is 1. The number of hydrogen-bond acceptors (Lipinski definition) is 3. The van der Waals surface area contributed by atoms with Crippen molar-refractivity contribution in [2.24, 2.45) is 0 Å². The molecule has 2 rings (SSSR count). The molecule has 92 valence electrons. The van der Waals surface area contributed by atoms with Crippen LogP contribution in [0.5, 0.6) is 0 Å². The first kappa shape index (κ1) is 11.9. The van der Waals surface area contributed by atoms with Crippen molar-refractivity contribution in [2.45, 2.75) is 45.1 Å². The van der Waals surface area contributed by atoms with Crippen LogP contribution >= 0.6 is 0 Å². The predicted octanol–water partition coefficient (Wildman–Crippen LogP) is 2.03. The van der Waals surface area contributed by atoms with Gasteiger partial charge in [0.1, 0.15) is 5.82 Å². The molecule has 4 heteroatoms. The zero-order chi connectivity index (χ0) is 12.5. The van der Waals surface area contributed by atoms with Gasteiger partial charge in [0.2, 0.25) is 0 Å². The van der Waals surface area contributed by atoms with Crippen molar-refractivity contribution < 1.29 is 4.79 Å². The lowest BCUT2D eigenvalue weighted by Crippen LogP contribution is -2.43. The smallest absolute Gasteiger partial charge is 0.251 e. The van der Waals surface area contributed by atoms with Crippen LogP contribution in [0.15, 0.2) is 12.1 Å². The minimum atomic E-state index is -0.0526. The standard InChI is InChI=1S/C13H19N3O/c1-9-7-10(8-11(14)15-9)12(17)16-13(2)5-3-4-6-13/h7-8H,3-6H2,1-2H3,(H2,14,15)(H,16,17). The number of aryl methyl sites for hydroxylation is 1. The van der Waals surface area contributed by atoms with E-state index >= 15 is 0 Å². The van der Waals surface area contributed by atoms with Crippen LogP contribution < -0.4 is 11.1 Å². The summed E-state index contributed by atoms with van der Waals surface area (Å²) < 4.78 is 0. The van der Waals surface area contributed by atoms with E-state index in [1.165, 1.54) is 12.8 Å². The zero-order valence-corrected chi connectivity index (χ0v) is 10.4. The highest BCUT2D eigenvalue weighted by Crippen LogP contribution is 2.29. The number of carbonyl (C=O) groups is 1. The number of aromatic nitrogens is 1. The highest BCUT2D eigenvalue weighted by atomic mass is 16.1. The van der Waals surface area contributed by atoms with Crippen LogP contribution in [0.4, 0.5) is 5.82 Å². The summed E-state index contributed by atoms with van der Waals surface area (Å²) in [5.41, 5.74) is 6.96. The molecule has 1 aliphatic rings. The summed E-state index contributed by atoms with van der Waals surface area (Å²) >= 11 is 0. The van der Waals surface area contributed by atoms with Gasteiger partial charge in [-0.05, 0) is 38.8 Å². The summed E-state index contributed by atoms with van der Waals surface area (Å²) in [6, 6.07) is 3.39. The molecule has 3 N–H and O–H groups in total. The van der Waals surface area contributed by atoms with Crippen molar-refractivity contribution in [3.8, 4) is 0 Å². The summed E-state index contributed by atoms with van der Waals surface area (Å²) in [6.45, 7) is 3.94. The highest BCUT2D eigenvalue weighted by molar-refractivity contribution is 5.95. The minimum Gasteiger partial charge on any atom is -0.384 e. The van der Waals surface area contributed by atoms with Crippen LogP contribution in [0.2, 0.25) is 0 Å². The van der Waals surface area contributed by atoms with E-state index in [2.05, 4.69) is 17.2 Å². The van der Waals surface area contributed by atoms with E-state index in [4.69, 9.17) is 5.73 Å². The third kappa shape index (κ3) is 2.75. The summed E-state index contributed by atoms with van der Waals surface area (Å²) in [5, 5.41) is 3.10. The van der Waals surface area contributed by atoms with Crippen LogP contribution in [0.3, 0.4) is 0 Å². The summed E-state index contributed by atoms with van der Waals surface area (Å²) in [7, 11) is 0. The van der Waals surface area contributed by atoms with Crippen LogP contribution in [-0.4, -0.2) is 16.4 Å².